The van der Waals surface area contributed by atoms with Crippen molar-refractivity contribution in [3.05, 3.63) is 28.2 Å². The summed E-state index contributed by atoms with van der Waals surface area (Å²) in [5.74, 6) is -0.376. The van der Waals surface area contributed by atoms with Crippen LogP contribution in [0, 0.1) is 6.92 Å². The van der Waals surface area contributed by atoms with Crippen molar-refractivity contribution in [1.29, 1.82) is 0 Å². The van der Waals surface area contributed by atoms with Crippen LogP contribution < -0.4 is 0 Å². The normalized spacial score (nSPS) is 11.3. The number of ether oxygens (including phenoxy) is 2. The first-order chi connectivity index (χ1) is 10.2. The summed E-state index contributed by atoms with van der Waals surface area (Å²) in [6.07, 6.45) is 2.62. The average Bonchev–Trinajstić information content (AvgIpc) is 3.02. The smallest absolute Gasteiger partial charge is 0.435 e. The van der Waals surface area contributed by atoms with E-state index in [2.05, 4.69) is 5.10 Å². The minimum absolute atomic E-state index is 0.376. The molecule has 0 amide bonds. The highest BCUT2D eigenvalue weighted by Crippen LogP contribution is 2.31. The Morgan fingerprint density at radius 2 is 2.00 bits per heavy atom. The van der Waals surface area contributed by atoms with Crippen LogP contribution in [0.4, 0.5) is 4.79 Å². The third-order valence-electron chi connectivity index (χ3n) is 2.78. The monoisotopic (exact) mass is 322 g/mol. The zero-order chi connectivity index (χ0) is 16.5. The van der Waals surface area contributed by atoms with Crippen LogP contribution in [-0.2, 0) is 9.47 Å². The van der Waals surface area contributed by atoms with Gasteiger partial charge in [-0.2, -0.15) is 9.78 Å². The highest BCUT2D eigenvalue weighted by molar-refractivity contribution is 7.14. The SMILES string of the molecule is COC(=O)c1cc(-c2cnn(C(=O)OC(C)(C)C)c2)c(C)s1. The average molecular weight is 322 g/mol. The molecule has 0 spiro atoms. The van der Waals surface area contributed by atoms with Crippen molar-refractivity contribution in [1.82, 2.24) is 9.78 Å². The van der Waals surface area contributed by atoms with Crippen molar-refractivity contribution in [3.8, 4) is 11.1 Å². The fourth-order valence-corrected chi connectivity index (χ4v) is 2.80. The second-order valence-electron chi connectivity index (χ2n) is 5.73. The molecule has 0 aliphatic carbocycles. The Bertz CT molecular complexity index is 709. The molecule has 22 heavy (non-hydrogen) atoms. The fourth-order valence-electron chi connectivity index (χ4n) is 1.84. The number of hydrogen-bond acceptors (Lipinski definition) is 6. The Hall–Kier alpha value is -2.15. The van der Waals surface area contributed by atoms with Crippen molar-refractivity contribution in [2.75, 3.05) is 7.11 Å². The summed E-state index contributed by atoms with van der Waals surface area (Å²) in [6.45, 7) is 7.28. The molecule has 0 saturated heterocycles. The number of rotatable bonds is 2. The van der Waals surface area contributed by atoms with Gasteiger partial charge in [-0.15, -0.1) is 11.3 Å². The van der Waals surface area contributed by atoms with Gasteiger partial charge in [0.1, 0.15) is 10.5 Å². The van der Waals surface area contributed by atoms with Gasteiger partial charge in [-0.3, -0.25) is 0 Å². The second-order valence-corrected chi connectivity index (χ2v) is 6.98. The molecule has 0 N–H and O–H groups in total. The summed E-state index contributed by atoms with van der Waals surface area (Å²) >= 11 is 1.34. The molecule has 2 rings (SSSR count). The van der Waals surface area contributed by atoms with Gasteiger partial charge in [-0.05, 0) is 39.3 Å². The Labute approximate surface area is 132 Å². The van der Waals surface area contributed by atoms with Crippen LogP contribution in [0.25, 0.3) is 11.1 Å². The maximum atomic E-state index is 12.0. The van der Waals surface area contributed by atoms with Crippen LogP contribution in [0.5, 0.6) is 0 Å². The number of methoxy groups -OCH3 is 1. The van der Waals surface area contributed by atoms with E-state index in [1.807, 2.05) is 6.92 Å². The Morgan fingerprint density at radius 3 is 2.59 bits per heavy atom. The molecule has 0 fully saturated rings. The summed E-state index contributed by atoms with van der Waals surface area (Å²) < 4.78 is 11.1. The Morgan fingerprint density at radius 1 is 1.32 bits per heavy atom. The molecule has 2 aromatic heterocycles. The van der Waals surface area contributed by atoms with Crippen molar-refractivity contribution >= 4 is 23.4 Å². The van der Waals surface area contributed by atoms with Gasteiger partial charge >= 0.3 is 12.1 Å². The Kier molecular flexibility index (Phi) is 4.37. The van der Waals surface area contributed by atoms with E-state index in [1.165, 1.54) is 18.4 Å². The molecule has 0 bridgehead atoms. The van der Waals surface area contributed by atoms with Gasteiger partial charge in [0, 0.05) is 16.6 Å². The zero-order valence-electron chi connectivity index (χ0n) is 13.2. The number of aromatic nitrogens is 2. The molecule has 0 aromatic carbocycles. The summed E-state index contributed by atoms with van der Waals surface area (Å²) in [6, 6.07) is 1.74. The van der Waals surface area contributed by atoms with Crippen molar-refractivity contribution in [2.45, 2.75) is 33.3 Å². The number of aryl methyl sites for hydroxylation is 1. The summed E-state index contributed by atoms with van der Waals surface area (Å²) in [5, 5.41) is 4.02. The van der Waals surface area contributed by atoms with E-state index >= 15 is 0 Å². The molecule has 0 atom stereocenters. The molecule has 0 unspecified atom stereocenters. The van der Waals surface area contributed by atoms with E-state index in [0.717, 1.165) is 20.7 Å². The van der Waals surface area contributed by atoms with Crippen LogP contribution in [0.15, 0.2) is 18.5 Å². The summed E-state index contributed by atoms with van der Waals surface area (Å²) in [4.78, 5) is 25.0. The molecular weight excluding hydrogens is 304 g/mol. The molecule has 0 saturated carbocycles. The lowest BCUT2D eigenvalue weighted by Crippen LogP contribution is -2.27. The molecule has 0 radical (unpaired) electrons. The van der Waals surface area contributed by atoms with E-state index in [9.17, 15) is 9.59 Å². The lowest BCUT2D eigenvalue weighted by molar-refractivity contribution is 0.0513. The van der Waals surface area contributed by atoms with Gasteiger partial charge in [0.25, 0.3) is 0 Å². The third kappa shape index (κ3) is 3.54. The predicted octanol–water partition coefficient (Wildman–Crippen LogP) is 3.49. The molecule has 7 heteroatoms. The topological polar surface area (TPSA) is 70.4 Å². The minimum Gasteiger partial charge on any atom is -0.465 e. The number of carbonyl (C=O) groups is 2. The third-order valence-corrected chi connectivity index (χ3v) is 3.81. The first kappa shape index (κ1) is 16.2. The van der Waals surface area contributed by atoms with Crippen LogP contribution in [0.2, 0.25) is 0 Å². The first-order valence-corrected chi connectivity index (χ1v) is 7.50. The highest BCUT2D eigenvalue weighted by atomic mass is 32.1. The van der Waals surface area contributed by atoms with Gasteiger partial charge in [-0.25, -0.2) is 9.59 Å². The lowest BCUT2D eigenvalue weighted by atomic mass is 10.1. The maximum Gasteiger partial charge on any atom is 0.435 e. The fraction of sp³-hybridized carbons (Fsp3) is 0.400. The van der Waals surface area contributed by atoms with Crippen LogP contribution >= 0.6 is 11.3 Å². The standard InChI is InChI=1S/C15H18N2O4S/c1-9-11(6-12(22-9)13(18)20-5)10-7-16-17(8-10)14(19)21-15(2,3)4/h6-8H,1-5H3. The number of carbonyl (C=O) groups excluding carboxylic acids is 2. The molecule has 0 aliphatic heterocycles. The molecular formula is C15H18N2O4S. The van der Waals surface area contributed by atoms with Gasteiger partial charge in [-0.1, -0.05) is 0 Å². The predicted molar refractivity (Wildman–Crippen MR) is 83.2 cm³/mol. The van der Waals surface area contributed by atoms with E-state index in [4.69, 9.17) is 9.47 Å². The molecule has 2 aromatic rings. The van der Waals surface area contributed by atoms with E-state index in [1.54, 1.807) is 39.2 Å². The summed E-state index contributed by atoms with van der Waals surface area (Å²) in [5.41, 5.74) is 1.01. The lowest BCUT2D eigenvalue weighted by Gasteiger charge is -2.18. The molecule has 0 aliphatic rings. The van der Waals surface area contributed by atoms with Crippen molar-refractivity contribution in [2.24, 2.45) is 0 Å². The van der Waals surface area contributed by atoms with Crippen molar-refractivity contribution in [3.63, 3.8) is 0 Å². The quantitative estimate of drug-likeness (QED) is 0.792. The minimum atomic E-state index is -0.584. The molecule has 118 valence electrons. The second kappa shape index (κ2) is 5.92. The van der Waals surface area contributed by atoms with Crippen LogP contribution in [-0.4, -0.2) is 34.6 Å². The largest absolute Gasteiger partial charge is 0.465 e. The van der Waals surface area contributed by atoms with Crippen LogP contribution in [0.3, 0.4) is 0 Å². The van der Waals surface area contributed by atoms with Crippen LogP contribution in [0.1, 0.15) is 35.3 Å². The Balaban J connectivity index is 2.27. The molecule has 2 heterocycles. The van der Waals surface area contributed by atoms with E-state index < -0.39 is 11.7 Å². The maximum absolute atomic E-state index is 12.0. The first-order valence-electron chi connectivity index (χ1n) is 6.68. The number of hydrogen-bond donors (Lipinski definition) is 0. The number of thiophene rings is 1. The number of nitrogens with zero attached hydrogens (tertiary/aromatic N) is 2. The van der Waals surface area contributed by atoms with Gasteiger partial charge in [0.2, 0.25) is 0 Å². The summed E-state index contributed by atoms with van der Waals surface area (Å²) in [7, 11) is 1.34. The number of esters is 1. The zero-order valence-corrected chi connectivity index (χ0v) is 14.0. The molecule has 6 nitrogen and oxygen atoms in total. The van der Waals surface area contributed by atoms with Crippen molar-refractivity contribution < 1.29 is 19.1 Å². The van der Waals surface area contributed by atoms with Gasteiger partial charge in [0.05, 0.1) is 13.3 Å². The highest BCUT2D eigenvalue weighted by Gasteiger charge is 2.20. The van der Waals surface area contributed by atoms with E-state index in [-0.39, 0.29) is 5.97 Å². The van der Waals surface area contributed by atoms with E-state index in [0.29, 0.717) is 4.88 Å². The van der Waals surface area contributed by atoms with Gasteiger partial charge in [0.15, 0.2) is 0 Å². The van der Waals surface area contributed by atoms with Gasteiger partial charge < -0.3 is 9.47 Å².